The molecule has 0 bridgehead atoms. The number of anilines is 1. The number of ether oxygens (including phenoxy) is 2. The van der Waals surface area contributed by atoms with Gasteiger partial charge in [-0.2, -0.15) is 0 Å². The lowest BCUT2D eigenvalue weighted by Gasteiger charge is -2.13. The third-order valence-corrected chi connectivity index (χ3v) is 4.55. The summed E-state index contributed by atoms with van der Waals surface area (Å²) in [6, 6.07) is 11.8. The molecule has 30 heavy (non-hydrogen) atoms. The Morgan fingerprint density at radius 3 is 2.70 bits per heavy atom. The number of aromatic nitrogens is 1. The summed E-state index contributed by atoms with van der Waals surface area (Å²) in [7, 11) is 1.71. The number of rotatable bonds is 5. The largest absolute Gasteiger partial charge is 0.490 e. The van der Waals surface area contributed by atoms with Crippen molar-refractivity contribution < 1.29 is 18.3 Å². The van der Waals surface area contributed by atoms with Crippen LogP contribution in [0.15, 0.2) is 58.1 Å². The van der Waals surface area contributed by atoms with Gasteiger partial charge >= 0.3 is 0 Å². The Balaban J connectivity index is 1.31. The second kappa shape index (κ2) is 9.30. The summed E-state index contributed by atoms with van der Waals surface area (Å²) < 4.78 is 29.9. The van der Waals surface area contributed by atoms with Crippen LogP contribution in [0, 0.1) is 5.82 Å². The molecule has 1 aliphatic rings. The van der Waals surface area contributed by atoms with E-state index in [9.17, 15) is 4.39 Å². The van der Waals surface area contributed by atoms with Crippen LogP contribution in [0.5, 0.6) is 11.5 Å². The monoisotopic (exact) mass is 410 g/mol. The minimum atomic E-state index is -0.290. The first kappa shape index (κ1) is 19.8. The van der Waals surface area contributed by atoms with E-state index >= 15 is 0 Å². The van der Waals surface area contributed by atoms with Crippen molar-refractivity contribution in [1.29, 1.82) is 0 Å². The number of hydrogen-bond donors (Lipinski definition) is 2. The van der Waals surface area contributed by atoms with Gasteiger partial charge in [-0.25, -0.2) is 9.37 Å². The number of benzene rings is 2. The Morgan fingerprint density at radius 1 is 1.10 bits per heavy atom. The predicted octanol–water partition coefficient (Wildman–Crippen LogP) is 3.87. The highest BCUT2D eigenvalue weighted by atomic mass is 19.1. The van der Waals surface area contributed by atoms with Gasteiger partial charge in [-0.3, -0.25) is 4.99 Å². The lowest BCUT2D eigenvalue weighted by molar-refractivity contribution is 0.297. The van der Waals surface area contributed by atoms with E-state index in [0.29, 0.717) is 38.0 Å². The fourth-order valence-electron chi connectivity index (χ4n) is 3.01. The Bertz CT molecular complexity index is 1020. The van der Waals surface area contributed by atoms with Crippen molar-refractivity contribution in [3.8, 4) is 23.0 Å². The Labute approximate surface area is 173 Å². The number of oxazole rings is 1. The number of nitrogens with one attached hydrogen (secondary N) is 2. The number of nitrogens with zero attached hydrogens (tertiary/aromatic N) is 2. The molecule has 0 saturated heterocycles. The van der Waals surface area contributed by atoms with Gasteiger partial charge in [-0.1, -0.05) is 0 Å². The number of guanidine groups is 1. The Hall–Kier alpha value is -3.55. The topological polar surface area (TPSA) is 80.9 Å². The number of aliphatic imine (C=N–C) groups is 1. The molecule has 0 radical (unpaired) electrons. The molecule has 1 aliphatic heterocycles. The van der Waals surface area contributed by atoms with Crippen molar-refractivity contribution in [2.24, 2.45) is 4.99 Å². The van der Waals surface area contributed by atoms with Gasteiger partial charge < -0.3 is 24.5 Å². The molecule has 0 spiro atoms. The molecule has 4 rings (SSSR count). The smallest absolute Gasteiger partial charge is 0.226 e. The first-order chi connectivity index (χ1) is 14.7. The second-order valence-corrected chi connectivity index (χ2v) is 6.74. The summed E-state index contributed by atoms with van der Waals surface area (Å²) in [5.41, 5.74) is 2.39. The molecule has 3 aromatic rings. The summed E-state index contributed by atoms with van der Waals surface area (Å²) in [5, 5.41) is 6.50. The van der Waals surface area contributed by atoms with Crippen LogP contribution in [0.3, 0.4) is 0 Å². The van der Waals surface area contributed by atoms with Crippen molar-refractivity contribution in [3.05, 3.63) is 60.2 Å². The van der Waals surface area contributed by atoms with Crippen LogP contribution in [0.2, 0.25) is 0 Å². The van der Waals surface area contributed by atoms with E-state index in [1.165, 1.54) is 12.1 Å². The first-order valence-electron chi connectivity index (χ1n) is 9.79. The highest BCUT2D eigenvalue weighted by molar-refractivity contribution is 5.93. The van der Waals surface area contributed by atoms with Crippen molar-refractivity contribution in [3.63, 3.8) is 0 Å². The predicted molar refractivity (Wildman–Crippen MR) is 113 cm³/mol. The van der Waals surface area contributed by atoms with Gasteiger partial charge in [-0.15, -0.1) is 0 Å². The highest BCUT2D eigenvalue weighted by Crippen LogP contribution is 2.32. The minimum Gasteiger partial charge on any atom is -0.490 e. The van der Waals surface area contributed by atoms with Crippen molar-refractivity contribution in [1.82, 2.24) is 10.3 Å². The van der Waals surface area contributed by atoms with Crippen LogP contribution in [-0.4, -0.2) is 37.7 Å². The fourth-order valence-corrected chi connectivity index (χ4v) is 3.01. The van der Waals surface area contributed by atoms with E-state index in [-0.39, 0.29) is 5.82 Å². The normalized spacial score (nSPS) is 13.6. The second-order valence-electron chi connectivity index (χ2n) is 6.74. The lowest BCUT2D eigenvalue weighted by Crippen LogP contribution is -2.32. The Morgan fingerprint density at radius 2 is 1.90 bits per heavy atom. The first-order valence-corrected chi connectivity index (χ1v) is 9.79. The summed E-state index contributed by atoms with van der Waals surface area (Å²) in [6.07, 6.45) is 3.12. The van der Waals surface area contributed by atoms with Crippen LogP contribution in [-0.2, 0) is 6.42 Å². The van der Waals surface area contributed by atoms with E-state index < -0.39 is 0 Å². The molecule has 7 nitrogen and oxygen atoms in total. The third-order valence-electron chi connectivity index (χ3n) is 4.55. The molecular weight excluding hydrogens is 387 g/mol. The number of fused-ring (bicyclic) bond motifs is 1. The quantitative estimate of drug-likeness (QED) is 0.491. The van der Waals surface area contributed by atoms with Crippen molar-refractivity contribution in [2.75, 3.05) is 32.1 Å². The third kappa shape index (κ3) is 4.89. The zero-order valence-electron chi connectivity index (χ0n) is 16.7. The van der Waals surface area contributed by atoms with Gasteiger partial charge in [0.05, 0.1) is 18.9 Å². The summed E-state index contributed by atoms with van der Waals surface area (Å²) in [4.78, 5) is 8.70. The van der Waals surface area contributed by atoms with Gasteiger partial charge in [0.15, 0.2) is 17.5 Å². The van der Waals surface area contributed by atoms with Crippen LogP contribution in [0.1, 0.15) is 12.1 Å². The molecule has 0 atom stereocenters. The standard InChI is InChI=1S/C22H23FN4O3/c1-24-22(27-17-7-8-19-20(13-17)29-12-2-11-28-19)25-10-9-18-14-30-21(26-18)15-3-5-16(23)6-4-15/h3-8,13-14H,2,9-12H2,1H3,(H2,24,25,27). The molecule has 2 heterocycles. The molecule has 0 saturated carbocycles. The fraction of sp³-hybridized carbons (Fsp3) is 0.273. The van der Waals surface area contributed by atoms with Crippen LogP contribution in [0.4, 0.5) is 10.1 Å². The average Bonchev–Trinajstić information content (AvgIpc) is 3.10. The molecule has 8 heteroatoms. The van der Waals surface area contributed by atoms with E-state index in [2.05, 4.69) is 20.6 Å². The van der Waals surface area contributed by atoms with Crippen molar-refractivity contribution in [2.45, 2.75) is 12.8 Å². The zero-order chi connectivity index (χ0) is 20.8. The molecule has 156 valence electrons. The summed E-state index contributed by atoms with van der Waals surface area (Å²) >= 11 is 0. The van der Waals surface area contributed by atoms with Gasteiger partial charge in [0.25, 0.3) is 0 Å². The average molecular weight is 410 g/mol. The van der Waals surface area contributed by atoms with Crippen LogP contribution < -0.4 is 20.1 Å². The maximum atomic E-state index is 13.1. The summed E-state index contributed by atoms with van der Waals surface area (Å²) in [6.45, 7) is 1.91. The molecular formula is C22H23FN4O3. The maximum Gasteiger partial charge on any atom is 0.226 e. The molecule has 2 aromatic carbocycles. The Kier molecular flexibility index (Phi) is 6.12. The van der Waals surface area contributed by atoms with E-state index in [4.69, 9.17) is 13.9 Å². The highest BCUT2D eigenvalue weighted by Gasteiger charge is 2.12. The van der Waals surface area contributed by atoms with Gasteiger partial charge in [-0.05, 0) is 36.4 Å². The van der Waals surface area contributed by atoms with Crippen LogP contribution in [0.25, 0.3) is 11.5 Å². The molecule has 0 unspecified atom stereocenters. The van der Waals surface area contributed by atoms with E-state index in [1.807, 2.05) is 18.2 Å². The SMILES string of the molecule is CN=C(NCCc1coc(-c2ccc(F)cc2)n1)Nc1ccc2c(c1)OCCCO2. The van der Waals surface area contributed by atoms with E-state index in [0.717, 1.165) is 34.9 Å². The van der Waals surface area contributed by atoms with Gasteiger partial charge in [0.2, 0.25) is 5.89 Å². The van der Waals surface area contributed by atoms with Crippen molar-refractivity contribution >= 4 is 11.6 Å². The van der Waals surface area contributed by atoms with E-state index in [1.54, 1.807) is 25.4 Å². The summed E-state index contributed by atoms with van der Waals surface area (Å²) in [5.74, 6) is 2.29. The lowest BCUT2D eigenvalue weighted by atomic mass is 10.2. The molecule has 2 N–H and O–H groups in total. The molecule has 0 fully saturated rings. The minimum absolute atomic E-state index is 0.290. The number of halogens is 1. The van der Waals surface area contributed by atoms with Gasteiger partial charge in [0.1, 0.15) is 12.1 Å². The zero-order valence-corrected chi connectivity index (χ0v) is 16.7. The maximum absolute atomic E-state index is 13.1. The molecule has 0 aliphatic carbocycles. The number of hydrogen-bond acceptors (Lipinski definition) is 5. The molecule has 1 aromatic heterocycles. The van der Waals surface area contributed by atoms with Crippen LogP contribution >= 0.6 is 0 Å². The van der Waals surface area contributed by atoms with Gasteiger partial charge in [0, 0.05) is 43.8 Å². The molecule has 0 amide bonds.